The summed E-state index contributed by atoms with van der Waals surface area (Å²) in [6, 6.07) is 3.79. The molecule has 0 N–H and O–H groups in total. The number of piperidine rings is 1. The van der Waals surface area contributed by atoms with E-state index in [0.29, 0.717) is 11.4 Å². The van der Waals surface area contributed by atoms with Crippen LogP contribution >= 0.6 is 11.6 Å². The molecule has 0 spiro atoms. The third-order valence-corrected chi connectivity index (χ3v) is 3.95. The van der Waals surface area contributed by atoms with E-state index in [9.17, 15) is 13.6 Å². The van der Waals surface area contributed by atoms with E-state index in [4.69, 9.17) is 11.6 Å². The van der Waals surface area contributed by atoms with Gasteiger partial charge >= 0.3 is 0 Å². The molecule has 1 heterocycles. The molecule has 1 aromatic rings. The maximum atomic E-state index is 13.2. The van der Waals surface area contributed by atoms with Crippen LogP contribution < -0.4 is 0 Å². The number of hydrogen-bond acceptors (Lipinski definition) is 1. The number of nitrogens with zero attached hydrogens (tertiary/aromatic N) is 1. The molecule has 1 amide bonds. The van der Waals surface area contributed by atoms with Gasteiger partial charge in [-0.15, -0.1) is 11.6 Å². The van der Waals surface area contributed by atoms with Gasteiger partial charge in [0.1, 0.15) is 0 Å². The maximum Gasteiger partial charge on any atom is 0.227 e. The summed E-state index contributed by atoms with van der Waals surface area (Å²) in [5.74, 6) is -1.31. The van der Waals surface area contributed by atoms with Crippen molar-refractivity contribution < 1.29 is 13.6 Å². The van der Waals surface area contributed by atoms with Gasteiger partial charge in [-0.25, -0.2) is 8.78 Å². The van der Waals surface area contributed by atoms with Crippen LogP contribution in [0.3, 0.4) is 0 Å². The van der Waals surface area contributed by atoms with Gasteiger partial charge < -0.3 is 4.90 Å². The van der Waals surface area contributed by atoms with Crippen LogP contribution in [0.4, 0.5) is 8.78 Å². The van der Waals surface area contributed by atoms with Crippen LogP contribution in [0.15, 0.2) is 18.2 Å². The predicted octanol–water partition coefficient (Wildman–Crippen LogP) is 3.52. The Morgan fingerprint density at radius 3 is 2.80 bits per heavy atom. The summed E-state index contributed by atoms with van der Waals surface area (Å²) in [7, 11) is 0. The van der Waals surface area contributed by atoms with E-state index in [1.807, 2.05) is 4.90 Å². The van der Waals surface area contributed by atoms with Crippen LogP contribution in [0.1, 0.15) is 31.2 Å². The minimum atomic E-state index is -0.911. The Morgan fingerprint density at radius 2 is 2.10 bits per heavy atom. The Balaban J connectivity index is 2.03. The molecule has 1 aliphatic heterocycles. The summed E-state index contributed by atoms with van der Waals surface area (Å²) in [5.41, 5.74) is 0.504. The highest BCUT2D eigenvalue weighted by Gasteiger charge is 2.26. The highest BCUT2D eigenvalue weighted by atomic mass is 35.5. The fraction of sp³-hybridized carbons (Fsp3) is 0.533. The average molecular weight is 302 g/mol. The zero-order valence-corrected chi connectivity index (χ0v) is 12.0. The van der Waals surface area contributed by atoms with Crippen LogP contribution in [-0.4, -0.2) is 29.3 Å². The number of amides is 1. The Bertz CT molecular complexity index is 479. The summed E-state index contributed by atoms with van der Waals surface area (Å²) >= 11 is 5.77. The van der Waals surface area contributed by atoms with Gasteiger partial charge in [0, 0.05) is 18.5 Å². The van der Waals surface area contributed by atoms with E-state index in [1.54, 1.807) is 0 Å². The molecule has 1 saturated heterocycles. The molecule has 0 aromatic heterocycles. The second-order valence-electron chi connectivity index (χ2n) is 5.14. The largest absolute Gasteiger partial charge is 0.339 e. The van der Waals surface area contributed by atoms with E-state index in [0.717, 1.165) is 44.4 Å². The molecular weight excluding hydrogens is 284 g/mol. The summed E-state index contributed by atoms with van der Waals surface area (Å²) in [6.45, 7) is 0.726. The van der Waals surface area contributed by atoms with Crippen LogP contribution in [0, 0.1) is 11.6 Å². The van der Waals surface area contributed by atoms with Crippen molar-refractivity contribution >= 4 is 17.5 Å². The number of alkyl halides is 1. The van der Waals surface area contributed by atoms with Crippen LogP contribution in [0.25, 0.3) is 0 Å². The lowest BCUT2D eigenvalue weighted by Gasteiger charge is -2.35. The molecule has 2 nitrogen and oxygen atoms in total. The van der Waals surface area contributed by atoms with Gasteiger partial charge in [0.15, 0.2) is 11.6 Å². The molecule has 20 heavy (non-hydrogen) atoms. The monoisotopic (exact) mass is 301 g/mol. The summed E-state index contributed by atoms with van der Waals surface area (Å²) in [6.07, 6.45) is 3.95. The van der Waals surface area contributed by atoms with Crippen LogP contribution in [0.2, 0.25) is 0 Å². The van der Waals surface area contributed by atoms with E-state index < -0.39 is 11.6 Å². The third kappa shape index (κ3) is 3.69. The number of rotatable bonds is 4. The molecule has 1 atom stereocenters. The fourth-order valence-corrected chi connectivity index (χ4v) is 2.93. The zero-order valence-electron chi connectivity index (χ0n) is 11.2. The van der Waals surface area contributed by atoms with Crippen molar-refractivity contribution in [1.82, 2.24) is 4.90 Å². The molecule has 0 saturated carbocycles. The smallest absolute Gasteiger partial charge is 0.227 e. The van der Waals surface area contributed by atoms with Gasteiger partial charge in [-0.05, 0) is 43.4 Å². The number of carbonyl (C=O) groups excluding carboxylic acids is 1. The lowest BCUT2D eigenvalue weighted by atomic mass is 9.99. The first-order valence-corrected chi connectivity index (χ1v) is 7.44. The van der Waals surface area contributed by atoms with Gasteiger partial charge in [0.05, 0.1) is 6.42 Å². The lowest BCUT2D eigenvalue weighted by Crippen LogP contribution is -2.44. The molecular formula is C15H18ClF2NO. The number of likely N-dealkylation sites (tertiary alicyclic amines) is 1. The van der Waals surface area contributed by atoms with Crippen molar-refractivity contribution in [2.45, 2.75) is 38.1 Å². The molecule has 0 aliphatic carbocycles. The molecule has 2 rings (SSSR count). The first kappa shape index (κ1) is 15.2. The van der Waals surface area contributed by atoms with E-state index in [2.05, 4.69) is 0 Å². The Morgan fingerprint density at radius 1 is 1.30 bits per heavy atom. The molecule has 110 valence electrons. The van der Waals surface area contributed by atoms with Crippen molar-refractivity contribution in [3.8, 4) is 0 Å². The normalized spacial score (nSPS) is 19.1. The SMILES string of the molecule is O=C(Cc1ccc(F)c(F)c1)N1CCCCC1CCCl. The number of halogens is 3. The lowest BCUT2D eigenvalue weighted by molar-refractivity contribution is -0.134. The molecule has 1 aliphatic rings. The highest BCUT2D eigenvalue weighted by molar-refractivity contribution is 6.17. The second kappa shape index (κ2) is 7.02. The van der Waals surface area contributed by atoms with Gasteiger partial charge in [-0.3, -0.25) is 4.79 Å². The summed E-state index contributed by atoms with van der Waals surface area (Å²) in [5, 5.41) is 0. The van der Waals surface area contributed by atoms with Crippen molar-refractivity contribution in [3.05, 3.63) is 35.4 Å². The molecule has 1 aromatic carbocycles. The fourth-order valence-electron chi connectivity index (χ4n) is 2.68. The molecule has 1 fully saturated rings. The third-order valence-electron chi connectivity index (χ3n) is 3.73. The van der Waals surface area contributed by atoms with Crippen LogP contribution in [-0.2, 0) is 11.2 Å². The quantitative estimate of drug-likeness (QED) is 0.779. The van der Waals surface area contributed by atoms with Gasteiger partial charge in [0.2, 0.25) is 5.91 Å². The Labute approximate surface area is 122 Å². The zero-order chi connectivity index (χ0) is 14.5. The minimum Gasteiger partial charge on any atom is -0.339 e. The first-order valence-electron chi connectivity index (χ1n) is 6.91. The average Bonchev–Trinajstić information content (AvgIpc) is 2.44. The predicted molar refractivity (Wildman–Crippen MR) is 74.8 cm³/mol. The second-order valence-corrected chi connectivity index (χ2v) is 5.52. The Kier molecular flexibility index (Phi) is 5.35. The van der Waals surface area contributed by atoms with Crippen molar-refractivity contribution in [2.24, 2.45) is 0 Å². The number of carbonyl (C=O) groups is 1. The number of benzene rings is 1. The molecule has 1 unspecified atom stereocenters. The topological polar surface area (TPSA) is 20.3 Å². The summed E-state index contributed by atoms with van der Waals surface area (Å²) in [4.78, 5) is 14.2. The molecule has 0 bridgehead atoms. The van der Waals surface area contributed by atoms with Crippen molar-refractivity contribution in [1.29, 1.82) is 0 Å². The van der Waals surface area contributed by atoms with E-state index in [1.165, 1.54) is 6.07 Å². The van der Waals surface area contributed by atoms with Gasteiger partial charge in [0.25, 0.3) is 0 Å². The van der Waals surface area contributed by atoms with Crippen molar-refractivity contribution in [3.63, 3.8) is 0 Å². The minimum absolute atomic E-state index is 0.0363. The molecule has 5 heteroatoms. The highest BCUT2D eigenvalue weighted by Crippen LogP contribution is 2.21. The van der Waals surface area contributed by atoms with Gasteiger partial charge in [-0.1, -0.05) is 6.07 Å². The van der Waals surface area contributed by atoms with Crippen molar-refractivity contribution in [2.75, 3.05) is 12.4 Å². The van der Waals surface area contributed by atoms with E-state index >= 15 is 0 Å². The Hall–Kier alpha value is -1.16. The maximum absolute atomic E-state index is 13.2. The van der Waals surface area contributed by atoms with Gasteiger partial charge in [-0.2, -0.15) is 0 Å². The molecule has 0 radical (unpaired) electrons. The van der Waals surface area contributed by atoms with Crippen LogP contribution in [0.5, 0.6) is 0 Å². The first-order chi connectivity index (χ1) is 9.61. The summed E-state index contributed by atoms with van der Waals surface area (Å²) < 4.78 is 26.0. The number of hydrogen-bond donors (Lipinski definition) is 0. The van der Waals surface area contributed by atoms with E-state index in [-0.39, 0.29) is 18.4 Å². The standard InChI is InChI=1S/C15H18ClF2NO/c16-7-6-12-3-1-2-8-19(12)15(20)10-11-4-5-13(17)14(18)9-11/h4-5,9,12H,1-3,6-8,10H2.